The lowest BCUT2D eigenvalue weighted by Crippen LogP contribution is -2.36. The summed E-state index contributed by atoms with van der Waals surface area (Å²) in [6.07, 6.45) is 5.61. The molecule has 5 nitrogen and oxygen atoms in total. The number of nitrogens with zero attached hydrogens (tertiary/aromatic N) is 2. The molecule has 1 aliphatic rings. The first-order valence-electron chi connectivity index (χ1n) is 9.88. The maximum atomic E-state index is 10.2. The van der Waals surface area contributed by atoms with Crippen LogP contribution in [0.25, 0.3) is 10.2 Å². The van der Waals surface area contributed by atoms with E-state index in [0.717, 1.165) is 58.2 Å². The van der Waals surface area contributed by atoms with Gasteiger partial charge in [-0.25, -0.2) is 4.98 Å². The van der Waals surface area contributed by atoms with Gasteiger partial charge in [0.15, 0.2) is 5.13 Å². The Morgan fingerprint density at radius 1 is 1.11 bits per heavy atom. The van der Waals surface area contributed by atoms with Gasteiger partial charge in [0.1, 0.15) is 11.5 Å². The zero-order valence-corrected chi connectivity index (χ0v) is 17.4. The molecule has 0 aliphatic heterocycles. The van der Waals surface area contributed by atoms with E-state index >= 15 is 0 Å². The quantitative estimate of drug-likeness (QED) is 0.609. The van der Waals surface area contributed by atoms with Gasteiger partial charge in [0.05, 0.1) is 22.4 Å². The predicted octanol–water partition coefficient (Wildman–Crippen LogP) is 5.50. The molecule has 0 spiro atoms. The summed E-state index contributed by atoms with van der Waals surface area (Å²) in [5, 5.41) is 14.5. The molecule has 0 amide bonds. The molecule has 6 heteroatoms. The molecule has 2 N–H and O–H groups in total. The number of aromatic nitrogens is 2. The van der Waals surface area contributed by atoms with Crippen molar-refractivity contribution in [3.8, 4) is 11.5 Å². The Labute approximate surface area is 169 Å². The topological polar surface area (TPSA) is 67.3 Å². The van der Waals surface area contributed by atoms with Crippen molar-refractivity contribution < 1.29 is 9.84 Å². The van der Waals surface area contributed by atoms with Crippen LogP contribution in [0.5, 0.6) is 11.5 Å². The van der Waals surface area contributed by atoms with Crippen LogP contribution in [0.1, 0.15) is 52.1 Å². The van der Waals surface area contributed by atoms with Gasteiger partial charge in [0.2, 0.25) is 0 Å². The number of aliphatic hydroxyl groups is 1. The number of fused-ring (bicyclic) bond motifs is 1. The molecule has 148 valence electrons. The highest BCUT2D eigenvalue weighted by molar-refractivity contribution is 7.22. The number of benzene rings is 1. The lowest BCUT2D eigenvalue weighted by atomic mass is 9.92. The van der Waals surface area contributed by atoms with Crippen LogP contribution in [0.2, 0.25) is 0 Å². The van der Waals surface area contributed by atoms with Crippen LogP contribution in [0.4, 0.5) is 5.13 Å². The Kier molecular flexibility index (Phi) is 5.25. The molecule has 1 saturated carbocycles. The van der Waals surface area contributed by atoms with E-state index in [4.69, 9.17) is 4.74 Å². The van der Waals surface area contributed by atoms with Gasteiger partial charge in [-0.3, -0.25) is 4.98 Å². The minimum Gasteiger partial charge on any atom is -0.457 e. The molecule has 0 unspecified atom stereocenters. The molecule has 2 heterocycles. The van der Waals surface area contributed by atoms with Crippen LogP contribution < -0.4 is 10.1 Å². The van der Waals surface area contributed by atoms with E-state index in [0.29, 0.717) is 0 Å². The van der Waals surface area contributed by atoms with Crippen molar-refractivity contribution in [2.24, 2.45) is 0 Å². The Morgan fingerprint density at radius 3 is 2.68 bits per heavy atom. The number of rotatable bonds is 4. The largest absolute Gasteiger partial charge is 0.457 e. The summed E-state index contributed by atoms with van der Waals surface area (Å²) >= 11 is 1.60. The molecular formula is C22H27N3O2S. The Balaban J connectivity index is 1.52. The summed E-state index contributed by atoms with van der Waals surface area (Å²) in [7, 11) is 0. The molecule has 0 saturated heterocycles. The predicted molar refractivity (Wildman–Crippen MR) is 115 cm³/mol. The normalized spacial score (nSPS) is 20.3. The maximum absolute atomic E-state index is 10.2. The molecule has 4 rings (SSSR count). The number of thiazole rings is 1. The first-order chi connectivity index (χ1) is 13.4. The molecule has 0 radical (unpaired) electrons. The van der Waals surface area contributed by atoms with E-state index in [2.05, 4.69) is 36.1 Å². The second kappa shape index (κ2) is 7.68. The molecule has 2 aromatic heterocycles. The van der Waals surface area contributed by atoms with Crippen LogP contribution in [-0.2, 0) is 5.41 Å². The highest BCUT2D eigenvalue weighted by Gasteiger charge is 2.23. The Morgan fingerprint density at radius 2 is 1.89 bits per heavy atom. The summed E-state index contributed by atoms with van der Waals surface area (Å²) in [5.41, 5.74) is 1.92. The number of ether oxygens (including phenoxy) is 1. The fourth-order valence-corrected chi connectivity index (χ4v) is 4.45. The Hall–Kier alpha value is -2.18. The van der Waals surface area contributed by atoms with E-state index < -0.39 is 0 Å². The van der Waals surface area contributed by atoms with Crippen molar-refractivity contribution in [3.05, 3.63) is 42.2 Å². The van der Waals surface area contributed by atoms with E-state index in [9.17, 15) is 5.11 Å². The zero-order valence-electron chi connectivity index (χ0n) is 16.6. The fourth-order valence-electron chi connectivity index (χ4n) is 3.49. The summed E-state index contributed by atoms with van der Waals surface area (Å²) < 4.78 is 7.14. The van der Waals surface area contributed by atoms with Crippen molar-refractivity contribution in [2.75, 3.05) is 5.32 Å². The SMILES string of the molecule is CC(C)(C)c1cc(Oc2ccc3nc(N[C@@H]4CCCC[C@H]4O)sc3c2)ccn1. The van der Waals surface area contributed by atoms with Crippen molar-refractivity contribution in [1.82, 2.24) is 9.97 Å². The third-order valence-electron chi connectivity index (χ3n) is 5.13. The molecule has 1 aromatic carbocycles. The number of anilines is 1. The molecule has 28 heavy (non-hydrogen) atoms. The van der Waals surface area contributed by atoms with Crippen molar-refractivity contribution in [1.29, 1.82) is 0 Å². The van der Waals surface area contributed by atoms with Crippen LogP contribution in [0.15, 0.2) is 36.5 Å². The molecule has 1 fully saturated rings. The summed E-state index contributed by atoms with van der Waals surface area (Å²) in [4.78, 5) is 9.12. The maximum Gasteiger partial charge on any atom is 0.184 e. The zero-order chi connectivity index (χ0) is 19.7. The number of hydrogen-bond acceptors (Lipinski definition) is 6. The van der Waals surface area contributed by atoms with Crippen LogP contribution in [0, 0.1) is 0 Å². The van der Waals surface area contributed by atoms with Gasteiger partial charge >= 0.3 is 0 Å². The lowest BCUT2D eigenvalue weighted by molar-refractivity contribution is 0.116. The van der Waals surface area contributed by atoms with E-state index in [1.165, 1.54) is 0 Å². The standard InChI is InChI=1S/C22H27N3O2S/c1-22(2,3)20-13-15(10-11-23-20)27-14-8-9-17-19(12-14)28-21(25-17)24-16-6-4-5-7-18(16)26/h8-13,16,18,26H,4-7H2,1-3H3,(H,24,25)/t16-,18-/m1/s1. The second-order valence-corrected chi connectivity index (χ2v) is 9.51. The van der Waals surface area contributed by atoms with Crippen LogP contribution in [-0.4, -0.2) is 27.2 Å². The smallest absolute Gasteiger partial charge is 0.184 e. The van der Waals surface area contributed by atoms with Gasteiger partial charge in [0, 0.05) is 29.4 Å². The molecule has 1 aliphatic carbocycles. The molecule has 2 atom stereocenters. The van der Waals surface area contributed by atoms with E-state index in [1.807, 2.05) is 30.3 Å². The first kappa shape index (κ1) is 19.2. The van der Waals surface area contributed by atoms with Gasteiger partial charge in [-0.05, 0) is 31.0 Å². The fraction of sp³-hybridized carbons (Fsp3) is 0.455. The molecule has 0 bridgehead atoms. The minimum absolute atomic E-state index is 0.0226. The highest BCUT2D eigenvalue weighted by atomic mass is 32.1. The van der Waals surface area contributed by atoms with Crippen molar-refractivity contribution in [3.63, 3.8) is 0 Å². The lowest BCUT2D eigenvalue weighted by Gasteiger charge is -2.27. The minimum atomic E-state index is -0.289. The number of pyridine rings is 1. The molecular weight excluding hydrogens is 370 g/mol. The average Bonchev–Trinajstić information content (AvgIpc) is 3.05. The van der Waals surface area contributed by atoms with Gasteiger partial charge < -0.3 is 15.2 Å². The Bertz CT molecular complexity index is 964. The number of hydrogen-bond donors (Lipinski definition) is 2. The summed E-state index contributed by atoms with van der Waals surface area (Å²) in [6.45, 7) is 6.42. The summed E-state index contributed by atoms with van der Waals surface area (Å²) in [6, 6.07) is 9.91. The second-order valence-electron chi connectivity index (χ2n) is 8.48. The average molecular weight is 398 g/mol. The number of aliphatic hydroxyl groups excluding tert-OH is 1. The van der Waals surface area contributed by atoms with Crippen molar-refractivity contribution in [2.45, 2.75) is 64.0 Å². The van der Waals surface area contributed by atoms with Crippen LogP contribution >= 0.6 is 11.3 Å². The van der Waals surface area contributed by atoms with E-state index in [1.54, 1.807) is 17.5 Å². The van der Waals surface area contributed by atoms with Crippen molar-refractivity contribution >= 4 is 26.7 Å². The first-order valence-corrected chi connectivity index (χ1v) is 10.7. The monoisotopic (exact) mass is 397 g/mol. The van der Waals surface area contributed by atoms with Gasteiger partial charge in [0.25, 0.3) is 0 Å². The molecule has 3 aromatic rings. The van der Waals surface area contributed by atoms with Crippen LogP contribution in [0.3, 0.4) is 0 Å². The van der Waals surface area contributed by atoms with Gasteiger partial charge in [-0.15, -0.1) is 0 Å². The highest BCUT2D eigenvalue weighted by Crippen LogP contribution is 2.33. The van der Waals surface area contributed by atoms with Gasteiger partial charge in [-0.1, -0.05) is 44.9 Å². The third-order valence-corrected chi connectivity index (χ3v) is 6.08. The number of nitrogens with one attached hydrogen (secondary N) is 1. The van der Waals surface area contributed by atoms with Gasteiger partial charge in [-0.2, -0.15) is 0 Å². The third kappa shape index (κ3) is 4.28. The van der Waals surface area contributed by atoms with E-state index in [-0.39, 0.29) is 17.6 Å². The summed E-state index contributed by atoms with van der Waals surface area (Å²) in [5.74, 6) is 1.57.